The van der Waals surface area contributed by atoms with E-state index >= 15 is 0 Å². The molecule has 0 aliphatic heterocycles. The van der Waals surface area contributed by atoms with E-state index in [1.807, 2.05) is 18.2 Å². The van der Waals surface area contributed by atoms with Gasteiger partial charge in [-0.1, -0.05) is 11.6 Å². The monoisotopic (exact) mass is 329 g/mol. The lowest BCUT2D eigenvalue weighted by Gasteiger charge is -2.06. The minimum atomic E-state index is 0.624. The number of hydrogen-bond donors (Lipinski definition) is 1. The Morgan fingerprint density at radius 2 is 2.00 bits per heavy atom. The van der Waals surface area contributed by atoms with Crippen molar-refractivity contribution in [2.45, 2.75) is 0 Å². The summed E-state index contributed by atoms with van der Waals surface area (Å²) in [4.78, 5) is 5.14. The number of ether oxygens (including phenoxy) is 1. The molecule has 108 valence electrons. The van der Waals surface area contributed by atoms with E-state index in [0.717, 1.165) is 15.0 Å². The van der Waals surface area contributed by atoms with E-state index in [-0.39, 0.29) is 0 Å². The first kappa shape index (κ1) is 13.2. The minimum absolute atomic E-state index is 0.624. The number of aromatic nitrogens is 5. The summed E-state index contributed by atoms with van der Waals surface area (Å²) >= 11 is 7.43. The molecule has 4 rings (SSSR count). The van der Waals surface area contributed by atoms with Crippen LogP contribution in [0.4, 0.5) is 0 Å². The summed E-state index contributed by atoms with van der Waals surface area (Å²) in [5.74, 6) is 2.00. The smallest absolute Gasteiger partial charge is 0.189 e. The average molecular weight is 330 g/mol. The molecule has 3 aromatic heterocycles. The summed E-state index contributed by atoms with van der Waals surface area (Å²) in [5, 5.41) is 15.5. The molecule has 6 nitrogen and oxygen atoms in total. The number of fused-ring (bicyclic) bond motifs is 1. The number of benzene rings is 1. The van der Waals surface area contributed by atoms with E-state index in [1.54, 1.807) is 35.9 Å². The number of aromatic amines is 1. The quantitative estimate of drug-likeness (QED) is 0.616. The van der Waals surface area contributed by atoms with Gasteiger partial charge >= 0.3 is 0 Å². The van der Waals surface area contributed by atoms with Crippen LogP contribution in [0.5, 0.6) is 11.5 Å². The maximum Gasteiger partial charge on any atom is 0.189 e. The van der Waals surface area contributed by atoms with Crippen molar-refractivity contribution in [2.75, 3.05) is 0 Å². The molecule has 0 unspecified atom stereocenters. The molecular weight excluding hydrogens is 322 g/mol. The summed E-state index contributed by atoms with van der Waals surface area (Å²) in [6.45, 7) is 0. The Labute approximate surface area is 133 Å². The lowest BCUT2D eigenvalue weighted by molar-refractivity contribution is 0.486. The topological polar surface area (TPSA) is 76.6 Å². The van der Waals surface area contributed by atoms with Crippen molar-refractivity contribution in [3.05, 3.63) is 47.7 Å². The van der Waals surface area contributed by atoms with Crippen LogP contribution in [-0.4, -0.2) is 25.6 Å². The molecule has 22 heavy (non-hydrogen) atoms. The maximum absolute atomic E-state index is 5.90. The molecule has 0 saturated carbocycles. The second-order valence-corrected chi connectivity index (χ2v) is 5.99. The summed E-state index contributed by atoms with van der Waals surface area (Å²) in [6.07, 6.45) is 3.48. The summed E-state index contributed by atoms with van der Waals surface area (Å²) < 4.78 is 6.90. The molecule has 0 amide bonds. The van der Waals surface area contributed by atoms with Gasteiger partial charge in [0.15, 0.2) is 11.6 Å². The minimum Gasteiger partial charge on any atom is -0.455 e. The predicted octanol–water partition coefficient (Wildman–Crippen LogP) is 3.92. The number of rotatable bonds is 3. The molecule has 0 aliphatic carbocycles. The van der Waals surface area contributed by atoms with Crippen LogP contribution < -0.4 is 4.74 Å². The van der Waals surface area contributed by atoms with Gasteiger partial charge in [-0.25, -0.2) is 5.10 Å². The third-order valence-electron chi connectivity index (χ3n) is 3.03. The number of nitrogens with one attached hydrogen (secondary N) is 1. The van der Waals surface area contributed by atoms with Crippen LogP contribution in [0, 0.1) is 0 Å². The Morgan fingerprint density at radius 3 is 2.77 bits per heavy atom. The highest BCUT2D eigenvalue weighted by Crippen LogP contribution is 2.37. The van der Waals surface area contributed by atoms with Crippen molar-refractivity contribution < 1.29 is 4.74 Å². The van der Waals surface area contributed by atoms with Crippen molar-refractivity contribution in [1.29, 1.82) is 0 Å². The highest BCUT2D eigenvalue weighted by molar-refractivity contribution is 7.22. The van der Waals surface area contributed by atoms with Crippen LogP contribution in [0.2, 0.25) is 5.02 Å². The van der Waals surface area contributed by atoms with Crippen LogP contribution in [0.1, 0.15) is 0 Å². The largest absolute Gasteiger partial charge is 0.455 e. The molecule has 0 radical (unpaired) electrons. The first-order chi connectivity index (χ1) is 10.8. The summed E-state index contributed by atoms with van der Waals surface area (Å²) in [6, 6.07) is 9.17. The van der Waals surface area contributed by atoms with Gasteiger partial charge in [0.2, 0.25) is 0 Å². The molecule has 1 N–H and O–H groups in total. The van der Waals surface area contributed by atoms with Gasteiger partial charge in [-0.3, -0.25) is 4.98 Å². The van der Waals surface area contributed by atoms with Gasteiger partial charge in [0.25, 0.3) is 0 Å². The molecule has 3 heterocycles. The van der Waals surface area contributed by atoms with Gasteiger partial charge in [-0.15, -0.1) is 16.4 Å². The summed E-state index contributed by atoms with van der Waals surface area (Å²) in [7, 11) is 0. The zero-order valence-corrected chi connectivity index (χ0v) is 12.6. The maximum atomic E-state index is 5.90. The van der Waals surface area contributed by atoms with E-state index in [4.69, 9.17) is 16.3 Å². The number of tetrazole rings is 1. The van der Waals surface area contributed by atoms with Gasteiger partial charge in [0.1, 0.15) is 5.75 Å². The van der Waals surface area contributed by atoms with E-state index in [2.05, 4.69) is 25.6 Å². The van der Waals surface area contributed by atoms with Gasteiger partial charge in [0.05, 0.1) is 15.8 Å². The average Bonchev–Trinajstić information content (AvgIpc) is 3.18. The number of hydrogen-bond acceptors (Lipinski definition) is 6. The van der Waals surface area contributed by atoms with Crippen LogP contribution in [0.3, 0.4) is 0 Å². The first-order valence-corrected chi connectivity index (χ1v) is 7.54. The highest BCUT2D eigenvalue weighted by atomic mass is 35.5. The Hall–Kier alpha value is -2.51. The Morgan fingerprint density at radius 1 is 1.14 bits per heavy atom. The van der Waals surface area contributed by atoms with Gasteiger partial charge < -0.3 is 4.74 Å². The van der Waals surface area contributed by atoms with Crippen molar-refractivity contribution >= 4 is 33.0 Å². The van der Waals surface area contributed by atoms with E-state index in [9.17, 15) is 0 Å². The van der Waals surface area contributed by atoms with Crippen LogP contribution in [0.15, 0.2) is 42.7 Å². The van der Waals surface area contributed by atoms with Crippen molar-refractivity contribution in [2.24, 2.45) is 0 Å². The van der Waals surface area contributed by atoms with Crippen molar-refractivity contribution in [3.8, 4) is 22.2 Å². The number of pyridine rings is 1. The standard InChI is InChI=1S/C14H8ClN5OS/c15-8-1-3-9(4-2-8)21-11-6-16-7-13-10(11)5-12(22-13)14-17-19-20-18-14/h1-7H,(H,17,18,19,20). The Bertz CT molecular complexity index is 920. The SMILES string of the molecule is Clc1ccc(Oc2cncc3sc(-c4nnn[nH]4)cc23)cc1. The lowest BCUT2D eigenvalue weighted by atomic mass is 10.3. The van der Waals surface area contributed by atoms with Gasteiger partial charge in [-0.05, 0) is 40.8 Å². The fourth-order valence-corrected chi connectivity index (χ4v) is 3.13. The Kier molecular flexibility index (Phi) is 3.21. The molecule has 0 saturated heterocycles. The molecule has 1 aromatic carbocycles. The predicted molar refractivity (Wildman–Crippen MR) is 84.3 cm³/mol. The summed E-state index contributed by atoms with van der Waals surface area (Å²) in [5.41, 5.74) is 0. The van der Waals surface area contributed by atoms with Gasteiger partial charge in [0, 0.05) is 16.6 Å². The number of H-pyrrole nitrogens is 1. The molecule has 0 aliphatic rings. The Balaban J connectivity index is 1.76. The molecule has 0 atom stereocenters. The molecule has 0 spiro atoms. The van der Waals surface area contributed by atoms with Gasteiger partial charge in [-0.2, -0.15) is 0 Å². The second kappa shape index (κ2) is 5.36. The van der Waals surface area contributed by atoms with Crippen LogP contribution in [0.25, 0.3) is 20.8 Å². The number of nitrogens with zero attached hydrogens (tertiary/aromatic N) is 4. The third-order valence-corrected chi connectivity index (χ3v) is 4.36. The first-order valence-electron chi connectivity index (χ1n) is 6.35. The van der Waals surface area contributed by atoms with E-state index in [0.29, 0.717) is 22.3 Å². The van der Waals surface area contributed by atoms with E-state index in [1.165, 1.54) is 0 Å². The normalized spacial score (nSPS) is 11.0. The van der Waals surface area contributed by atoms with Crippen molar-refractivity contribution in [3.63, 3.8) is 0 Å². The molecule has 0 fully saturated rings. The highest BCUT2D eigenvalue weighted by Gasteiger charge is 2.12. The zero-order chi connectivity index (χ0) is 14.9. The number of thiophene rings is 1. The van der Waals surface area contributed by atoms with Crippen LogP contribution in [-0.2, 0) is 0 Å². The molecule has 8 heteroatoms. The number of halogens is 1. The fraction of sp³-hybridized carbons (Fsp3) is 0. The second-order valence-electron chi connectivity index (χ2n) is 4.47. The molecule has 4 aromatic rings. The van der Waals surface area contributed by atoms with Crippen molar-refractivity contribution in [1.82, 2.24) is 25.6 Å². The zero-order valence-electron chi connectivity index (χ0n) is 11.0. The molecule has 0 bridgehead atoms. The van der Waals surface area contributed by atoms with Crippen LogP contribution >= 0.6 is 22.9 Å². The lowest BCUT2D eigenvalue weighted by Crippen LogP contribution is -1.85. The molecular formula is C14H8ClN5OS. The fourth-order valence-electron chi connectivity index (χ4n) is 2.03. The van der Waals surface area contributed by atoms with E-state index < -0.39 is 0 Å². The third kappa shape index (κ3) is 2.40.